The van der Waals surface area contributed by atoms with E-state index in [0.29, 0.717) is 6.54 Å². The van der Waals surface area contributed by atoms with Crippen LogP contribution in [0.15, 0.2) is 49.3 Å². The highest BCUT2D eigenvalue weighted by Crippen LogP contribution is 2.17. The monoisotopic (exact) mass is 279 g/mol. The van der Waals surface area contributed by atoms with E-state index >= 15 is 0 Å². The Balaban J connectivity index is 1.74. The van der Waals surface area contributed by atoms with Gasteiger partial charge in [0.05, 0.1) is 23.8 Å². The molecule has 2 aromatic heterocycles. The van der Waals surface area contributed by atoms with E-state index in [9.17, 15) is 0 Å². The number of aryl methyl sites for hydroxylation is 2. The summed E-state index contributed by atoms with van der Waals surface area (Å²) in [6.45, 7) is 4.87. The van der Waals surface area contributed by atoms with E-state index in [2.05, 4.69) is 52.4 Å². The molecule has 0 atom stereocenters. The van der Waals surface area contributed by atoms with Crippen molar-refractivity contribution in [2.24, 2.45) is 0 Å². The van der Waals surface area contributed by atoms with E-state index in [-0.39, 0.29) is 0 Å². The van der Waals surface area contributed by atoms with E-state index in [4.69, 9.17) is 0 Å². The second kappa shape index (κ2) is 5.75. The quantitative estimate of drug-likeness (QED) is 0.798. The van der Waals surface area contributed by atoms with Gasteiger partial charge in [-0.3, -0.25) is 0 Å². The van der Waals surface area contributed by atoms with Crippen LogP contribution in [0.25, 0.3) is 5.69 Å². The van der Waals surface area contributed by atoms with Gasteiger partial charge in [-0.05, 0) is 25.5 Å². The van der Waals surface area contributed by atoms with Crippen molar-refractivity contribution in [1.82, 2.24) is 19.7 Å². The molecule has 5 nitrogen and oxygen atoms in total. The van der Waals surface area contributed by atoms with Crippen LogP contribution < -0.4 is 5.32 Å². The molecule has 0 aliphatic rings. The largest absolute Gasteiger partial charge is 0.378 e. The van der Waals surface area contributed by atoms with Crippen molar-refractivity contribution in [2.75, 3.05) is 5.32 Å². The predicted octanol–water partition coefficient (Wildman–Crippen LogP) is 2.89. The minimum Gasteiger partial charge on any atom is -0.378 e. The van der Waals surface area contributed by atoms with Crippen LogP contribution in [0.4, 0.5) is 5.69 Å². The summed E-state index contributed by atoms with van der Waals surface area (Å²) in [5.41, 5.74) is 5.57. The fourth-order valence-corrected chi connectivity index (χ4v) is 2.23. The average Bonchev–Trinajstić information content (AvgIpc) is 2.95. The summed E-state index contributed by atoms with van der Waals surface area (Å²) in [7, 11) is 0. The van der Waals surface area contributed by atoms with E-state index < -0.39 is 0 Å². The van der Waals surface area contributed by atoms with Gasteiger partial charge >= 0.3 is 0 Å². The molecule has 0 aliphatic heterocycles. The first-order chi connectivity index (χ1) is 10.2. The number of benzene rings is 1. The molecule has 3 aromatic rings. The van der Waals surface area contributed by atoms with Crippen LogP contribution in [-0.2, 0) is 6.54 Å². The lowest BCUT2D eigenvalue weighted by Gasteiger charge is -2.06. The third-order valence-electron chi connectivity index (χ3n) is 3.29. The molecule has 2 heterocycles. The van der Waals surface area contributed by atoms with Gasteiger partial charge in [-0.15, -0.1) is 0 Å². The van der Waals surface area contributed by atoms with Gasteiger partial charge in [0.25, 0.3) is 0 Å². The maximum Gasteiger partial charge on any atom is 0.115 e. The maximum absolute atomic E-state index is 4.41. The Hall–Kier alpha value is -2.69. The van der Waals surface area contributed by atoms with Crippen molar-refractivity contribution >= 4 is 5.69 Å². The molecule has 0 saturated heterocycles. The molecular weight excluding hydrogens is 262 g/mol. The number of nitrogens with one attached hydrogen (secondary N) is 1. The SMILES string of the molecule is Cc1ccc(-n2cc(NCc3cncnc3)cn2)c(C)c1. The van der Waals surface area contributed by atoms with Crippen LogP contribution in [-0.4, -0.2) is 19.7 Å². The van der Waals surface area contributed by atoms with Crippen LogP contribution in [0.1, 0.15) is 16.7 Å². The van der Waals surface area contributed by atoms with Crippen molar-refractivity contribution in [3.63, 3.8) is 0 Å². The molecule has 0 saturated carbocycles. The molecule has 3 rings (SSSR count). The lowest BCUT2D eigenvalue weighted by atomic mass is 10.1. The second-order valence-corrected chi connectivity index (χ2v) is 5.06. The molecule has 0 amide bonds. The summed E-state index contributed by atoms with van der Waals surface area (Å²) in [5, 5.41) is 7.73. The Morgan fingerprint density at radius 1 is 1.10 bits per heavy atom. The van der Waals surface area contributed by atoms with E-state index in [1.165, 1.54) is 17.5 Å². The summed E-state index contributed by atoms with van der Waals surface area (Å²) < 4.78 is 1.89. The van der Waals surface area contributed by atoms with Crippen LogP contribution in [0, 0.1) is 13.8 Å². The molecule has 0 spiro atoms. The maximum atomic E-state index is 4.41. The van der Waals surface area contributed by atoms with Gasteiger partial charge in [0.1, 0.15) is 6.33 Å². The zero-order chi connectivity index (χ0) is 14.7. The average molecular weight is 279 g/mol. The van der Waals surface area contributed by atoms with Crippen molar-refractivity contribution < 1.29 is 0 Å². The molecule has 5 heteroatoms. The molecule has 0 unspecified atom stereocenters. The van der Waals surface area contributed by atoms with Gasteiger partial charge in [0.15, 0.2) is 0 Å². The van der Waals surface area contributed by atoms with Gasteiger partial charge in [-0.2, -0.15) is 5.10 Å². The highest BCUT2D eigenvalue weighted by molar-refractivity contribution is 5.46. The Kier molecular flexibility index (Phi) is 3.64. The third kappa shape index (κ3) is 3.08. The fraction of sp³-hybridized carbons (Fsp3) is 0.188. The molecule has 1 N–H and O–H groups in total. The van der Waals surface area contributed by atoms with Crippen molar-refractivity contribution in [3.05, 3.63) is 66.0 Å². The minimum atomic E-state index is 0.680. The second-order valence-electron chi connectivity index (χ2n) is 5.06. The van der Waals surface area contributed by atoms with Gasteiger partial charge in [0, 0.05) is 24.5 Å². The first kappa shape index (κ1) is 13.3. The number of hydrogen-bond donors (Lipinski definition) is 1. The Bertz CT molecular complexity index is 733. The van der Waals surface area contributed by atoms with Crippen LogP contribution in [0.2, 0.25) is 0 Å². The fourth-order valence-electron chi connectivity index (χ4n) is 2.23. The smallest absolute Gasteiger partial charge is 0.115 e. The molecule has 21 heavy (non-hydrogen) atoms. The standard InChI is InChI=1S/C16H17N5/c1-12-3-4-16(13(2)5-12)21-10-15(9-20-21)19-8-14-6-17-11-18-7-14/h3-7,9-11,19H,8H2,1-2H3. The highest BCUT2D eigenvalue weighted by Gasteiger charge is 2.04. The first-order valence-corrected chi connectivity index (χ1v) is 6.82. The lowest BCUT2D eigenvalue weighted by Crippen LogP contribution is -2.00. The number of anilines is 1. The summed E-state index contributed by atoms with van der Waals surface area (Å²) in [6, 6.07) is 6.34. The molecule has 0 fully saturated rings. The Morgan fingerprint density at radius 3 is 2.67 bits per heavy atom. The highest BCUT2D eigenvalue weighted by atomic mass is 15.3. The van der Waals surface area contributed by atoms with E-state index in [1.807, 2.05) is 17.1 Å². The number of rotatable bonds is 4. The lowest BCUT2D eigenvalue weighted by molar-refractivity contribution is 0.872. The summed E-state index contributed by atoms with van der Waals surface area (Å²) in [5.74, 6) is 0. The Labute approximate surface area is 123 Å². The van der Waals surface area contributed by atoms with Crippen molar-refractivity contribution in [2.45, 2.75) is 20.4 Å². The van der Waals surface area contributed by atoms with Gasteiger partial charge in [0.2, 0.25) is 0 Å². The zero-order valence-corrected chi connectivity index (χ0v) is 12.1. The van der Waals surface area contributed by atoms with Crippen LogP contribution in [0.5, 0.6) is 0 Å². The minimum absolute atomic E-state index is 0.680. The zero-order valence-electron chi connectivity index (χ0n) is 12.1. The van der Waals surface area contributed by atoms with Crippen LogP contribution in [0.3, 0.4) is 0 Å². The third-order valence-corrected chi connectivity index (χ3v) is 3.29. The summed E-state index contributed by atoms with van der Waals surface area (Å²) >= 11 is 0. The van der Waals surface area contributed by atoms with Crippen molar-refractivity contribution in [3.8, 4) is 5.69 Å². The van der Waals surface area contributed by atoms with E-state index in [0.717, 1.165) is 16.9 Å². The Morgan fingerprint density at radius 2 is 1.90 bits per heavy atom. The normalized spacial score (nSPS) is 10.6. The number of aromatic nitrogens is 4. The number of hydrogen-bond acceptors (Lipinski definition) is 4. The van der Waals surface area contributed by atoms with Gasteiger partial charge in [-0.25, -0.2) is 14.6 Å². The predicted molar refractivity (Wildman–Crippen MR) is 82.4 cm³/mol. The van der Waals surface area contributed by atoms with Crippen LogP contribution >= 0.6 is 0 Å². The summed E-state index contributed by atoms with van der Waals surface area (Å²) in [4.78, 5) is 8.00. The van der Waals surface area contributed by atoms with E-state index in [1.54, 1.807) is 12.4 Å². The summed E-state index contributed by atoms with van der Waals surface area (Å²) in [6.07, 6.45) is 8.94. The molecule has 0 aliphatic carbocycles. The molecule has 106 valence electrons. The topological polar surface area (TPSA) is 55.6 Å². The molecule has 0 bridgehead atoms. The van der Waals surface area contributed by atoms with Gasteiger partial charge in [-0.1, -0.05) is 17.7 Å². The number of nitrogens with zero attached hydrogens (tertiary/aromatic N) is 4. The molecular formula is C16H17N5. The molecule has 0 radical (unpaired) electrons. The molecule has 1 aromatic carbocycles. The van der Waals surface area contributed by atoms with Crippen molar-refractivity contribution in [1.29, 1.82) is 0 Å². The first-order valence-electron chi connectivity index (χ1n) is 6.82. The van der Waals surface area contributed by atoms with Gasteiger partial charge < -0.3 is 5.32 Å².